The summed E-state index contributed by atoms with van der Waals surface area (Å²) >= 11 is 1.75. The van der Waals surface area contributed by atoms with Gasteiger partial charge >= 0.3 is 12.2 Å². The van der Waals surface area contributed by atoms with Gasteiger partial charge in [-0.25, -0.2) is 58.6 Å². The highest BCUT2D eigenvalue weighted by Gasteiger charge is 2.45. The molecule has 10 amide bonds. The average molecular weight is 2040 g/mol. The Morgan fingerprint density at radius 3 is 1.24 bits per heavy atom. The molecule has 5 aromatic heterocycles. The molecule has 11 aliphatic rings. The molecule has 145 heavy (non-hydrogen) atoms. The van der Waals surface area contributed by atoms with Crippen molar-refractivity contribution in [3.8, 4) is 85.7 Å². The number of anilines is 7. The lowest BCUT2D eigenvalue weighted by Crippen LogP contribution is -2.40. The molecule has 10 N–H and O–H groups in total. The number of hydrogen-bond acceptors (Lipinski definition) is 26. The first-order valence-electron chi connectivity index (χ1n) is 47.8. The number of amides is 10. The SMILES string of the molecule is CC[C@H]1CN(c2cn3c(n2)-c2ccc(C[C@@H](C)C(N)=O)cc2OCC3)C(=O)O1.C[C@@H](C(N)=O)N(C)c1ccc2c(c1)OCCn1cc(N3C(=O)SC[C@H]3C(F)F)nc1-2.C[C@H](Cc1ccc2c(c1)OCCn1cc(N3C[C@H](C)OC3=O)nc1-2)C(N)=O.NC(=O)[C@@H]1CCCN1c1ccc2c(c1)OCCn1cc(N3C(=O)SC[C@H]3C(F)F)nc1-2.[C-]#[N+]CC1CC(=O)N(c2cn3c(n2)-c2ccc(C[C@@H](C)C(N)=O)cc2OCC3)C1. The van der Waals surface area contributed by atoms with Gasteiger partial charge in [0.25, 0.3) is 23.3 Å². The molecule has 0 spiro atoms. The average Bonchev–Trinajstić information content (AvgIpc) is 1.62. The second kappa shape index (κ2) is 43.2. The Bertz CT molecular complexity index is 6700. The topological polar surface area (TPSA) is 482 Å². The van der Waals surface area contributed by atoms with Crippen molar-refractivity contribution in [2.45, 2.75) is 168 Å². The van der Waals surface area contributed by atoms with E-state index in [1.54, 1.807) is 62.7 Å². The number of benzene rings is 5. The lowest BCUT2D eigenvalue weighted by molar-refractivity contribution is -0.122. The number of rotatable bonds is 23. The van der Waals surface area contributed by atoms with Crippen molar-refractivity contribution >= 4 is 122 Å². The van der Waals surface area contributed by atoms with E-state index in [1.807, 2.05) is 155 Å². The summed E-state index contributed by atoms with van der Waals surface area (Å²) < 4.78 is 103. The highest BCUT2D eigenvalue weighted by molar-refractivity contribution is 8.14. The molecule has 16 heterocycles. The van der Waals surface area contributed by atoms with Gasteiger partial charge in [-0.3, -0.25) is 62.9 Å². The molecule has 1 unspecified atom stereocenters. The smallest absolute Gasteiger partial charge is 0.415 e. The van der Waals surface area contributed by atoms with Gasteiger partial charge in [0.05, 0.1) is 79.5 Å². The van der Waals surface area contributed by atoms with Crippen molar-refractivity contribution in [2.75, 3.05) is 119 Å². The van der Waals surface area contributed by atoms with Gasteiger partial charge in [-0.15, -0.1) is 0 Å². The highest BCUT2D eigenvalue weighted by Crippen LogP contribution is 2.46. The van der Waals surface area contributed by atoms with Gasteiger partial charge in [0.15, 0.2) is 29.1 Å². The zero-order valence-corrected chi connectivity index (χ0v) is 82.3. The molecule has 40 nitrogen and oxygen atoms in total. The monoisotopic (exact) mass is 2030 g/mol. The first-order chi connectivity index (χ1) is 69.5. The van der Waals surface area contributed by atoms with Crippen LogP contribution in [0.1, 0.15) is 83.9 Å². The largest absolute Gasteiger partial charge is 0.491 e. The third-order valence-corrected chi connectivity index (χ3v) is 28.9. The maximum absolute atomic E-state index is 13.4. The number of carbonyl (C=O) groups excluding carboxylic acids is 10. The van der Waals surface area contributed by atoms with Crippen molar-refractivity contribution in [1.29, 1.82) is 0 Å². The molecule has 11 aliphatic heterocycles. The molecule has 10 aromatic rings. The molecule has 0 radical (unpaired) electrons. The third-order valence-electron chi connectivity index (χ3n) is 27.0. The van der Waals surface area contributed by atoms with Crippen LogP contribution < -0.4 is 86.7 Å². The second-order valence-corrected chi connectivity index (χ2v) is 39.0. The fourth-order valence-electron chi connectivity index (χ4n) is 18.7. The predicted molar refractivity (Wildman–Crippen MR) is 532 cm³/mol. The zero-order valence-electron chi connectivity index (χ0n) is 80.7. The number of nitrogens with zero attached hydrogens (tertiary/aromatic N) is 18. The van der Waals surface area contributed by atoms with E-state index in [0.29, 0.717) is 182 Å². The molecule has 0 saturated carbocycles. The molecule has 5 aromatic carbocycles. The van der Waals surface area contributed by atoms with Crippen LogP contribution in [0.4, 0.5) is 77.2 Å². The lowest BCUT2D eigenvalue weighted by Gasteiger charge is -2.25. The molecular weight excluding hydrogens is 1920 g/mol. The summed E-state index contributed by atoms with van der Waals surface area (Å²) in [5, 5.41) is -0.848. The van der Waals surface area contributed by atoms with Crippen LogP contribution in [0.25, 0.3) is 61.8 Å². The van der Waals surface area contributed by atoms with Crippen LogP contribution in [0.5, 0.6) is 28.7 Å². The van der Waals surface area contributed by atoms with E-state index in [-0.39, 0.29) is 107 Å². The Hall–Kier alpha value is -15.0. The van der Waals surface area contributed by atoms with Crippen LogP contribution in [-0.2, 0) is 90.2 Å². The number of likely N-dealkylation sites (N-methyl/N-ethyl adjacent to an activating group) is 1. The zero-order chi connectivity index (χ0) is 103. The van der Waals surface area contributed by atoms with E-state index >= 15 is 0 Å². The first-order valence-corrected chi connectivity index (χ1v) is 49.8. The van der Waals surface area contributed by atoms with Crippen molar-refractivity contribution in [2.24, 2.45) is 52.3 Å². The van der Waals surface area contributed by atoms with Crippen LogP contribution in [0, 0.1) is 30.2 Å². The summed E-state index contributed by atoms with van der Waals surface area (Å²) in [7, 11) is 1.76. The van der Waals surface area contributed by atoms with Crippen molar-refractivity contribution in [3.05, 3.63) is 150 Å². The Kier molecular flexibility index (Phi) is 30.3. The number of cyclic esters (lactones) is 2. The minimum absolute atomic E-state index is 0.0131. The van der Waals surface area contributed by atoms with Crippen LogP contribution in [0.2, 0.25) is 0 Å². The number of ether oxygens (including phenoxy) is 7. The summed E-state index contributed by atoms with van der Waals surface area (Å²) in [5.41, 5.74) is 35.5. The van der Waals surface area contributed by atoms with Gasteiger partial charge in [0.2, 0.25) is 42.0 Å². The Labute approximate surface area is 839 Å². The number of alkyl halides is 4. The number of primary amides is 5. The van der Waals surface area contributed by atoms with Crippen molar-refractivity contribution in [3.63, 3.8) is 0 Å². The molecule has 46 heteroatoms. The van der Waals surface area contributed by atoms with Gasteiger partial charge in [-0.05, 0) is 130 Å². The van der Waals surface area contributed by atoms with Gasteiger partial charge < -0.3 is 99.3 Å². The highest BCUT2D eigenvalue weighted by atomic mass is 32.2. The van der Waals surface area contributed by atoms with E-state index in [0.717, 1.165) is 126 Å². The molecule has 21 rings (SSSR count). The Balaban J connectivity index is 0.000000124. The number of aromatic nitrogens is 10. The number of nitrogens with two attached hydrogens (primary N) is 5. The molecule has 6 fully saturated rings. The van der Waals surface area contributed by atoms with Crippen molar-refractivity contribution < 1.29 is 98.7 Å². The second-order valence-electron chi connectivity index (χ2n) is 37.1. The number of imidazole rings is 5. The maximum Gasteiger partial charge on any atom is 0.415 e. The molecule has 764 valence electrons. The van der Waals surface area contributed by atoms with Gasteiger partial charge in [-0.1, -0.05) is 69.4 Å². The summed E-state index contributed by atoms with van der Waals surface area (Å²) in [5.74, 6) is 6.52. The number of carbonyl (C=O) groups is 10. The lowest BCUT2D eigenvalue weighted by atomic mass is 9.99. The number of fused-ring (bicyclic) bond motifs is 15. The van der Waals surface area contributed by atoms with E-state index in [9.17, 15) is 65.5 Å². The minimum Gasteiger partial charge on any atom is -0.491 e. The fourth-order valence-corrected chi connectivity index (χ4v) is 20.7. The third kappa shape index (κ3) is 21.8. The molecule has 10 atom stereocenters. The molecule has 6 saturated heterocycles. The summed E-state index contributed by atoms with van der Waals surface area (Å²) in [4.78, 5) is 156. The first kappa shape index (κ1) is 101. The normalized spacial score (nSPS) is 20.0. The molecular formula is C99H111F4N23O17S2. The maximum atomic E-state index is 13.4. The quantitative estimate of drug-likeness (QED) is 0.0293. The standard InChI is InChI=1S/C21H23N5O3.C20H21F2N5O3S.C20H24N4O4.C19H21F2N5O3S.C19H22N4O4/c1-13(20(22)28)7-14-3-4-16-17(8-14)29-6-5-25-12-18(24-21(16)25)26-11-15(10-23-2)9-19(26)27;21-17(22)14-10-31-20(29)27(14)16-9-25-6-7-30-15-8-11(3-4-12(15)19(25)24-16)26-5-1-2-13(26)18(23)28;1-3-14-10-24(20(26)28-14)17-11-23-6-7-27-16-9-13(8-12(2)18(21)25)4-5-15(16)19(23)22-17;1-10(17(22)27)24(2)11-3-4-12-14(7-11)29-6-5-25-8-15(23-18(12)25)26-13(16(20)21)9-30-19(26)28;1-11(17(20)24)7-13-3-4-14-15(8-13)26-6-5-22-10-16(21-18(14)22)23-9-12(2)27-19(23)25/h3-4,8,12-13,15H,5-7,9-11H2,1H3,(H2,22,28);3-4,8-9,13-14,17H,1-2,5-7,10H2,(H2,23,28);4-5,9,11-12,14H,3,6-8,10H2,1-2H3,(H2,21,25);3-4,7-8,10,13,16H,5-6,9H2,1-2H3,(H2,22,27);3-4,8,10-12H,5-7,9H2,1-2H3,(H2,20,24)/t13-,15?;13-,14-;12-,14+;10-,13-;11-,12+/m10101/s1. The molecule has 0 bridgehead atoms. The fraction of sp³-hybridized carbons (Fsp3) is 0.434. The van der Waals surface area contributed by atoms with Gasteiger partial charge in [-0.2, -0.15) is 0 Å². The number of halogens is 4. The number of hydrogen-bond donors (Lipinski definition) is 5. The van der Waals surface area contributed by atoms with E-state index < -0.39 is 47.4 Å². The summed E-state index contributed by atoms with van der Waals surface area (Å²) in [6, 6.07) is 25.3. The minimum atomic E-state index is -2.65. The van der Waals surface area contributed by atoms with Crippen LogP contribution >= 0.6 is 23.5 Å². The van der Waals surface area contributed by atoms with Gasteiger partial charge in [0.1, 0.15) is 127 Å². The van der Waals surface area contributed by atoms with Gasteiger partial charge in [0, 0.05) is 110 Å². The van der Waals surface area contributed by atoms with Crippen LogP contribution in [-0.4, -0.2) is 239 Å². The van der Waals surface area contributed by atoms with E-state index in [2.05, 4.69) is 19.8 Å². The predicted octanol–water partition coefficient (Wildman–Crippen LogP) is 11.4. The Morgan fingerprint density at radius 1 is 0.483 bits per heavy atom. The summed E-state index contributed by atoms with van der Waals surface area (Å²) in [6.45, 7) is 25.6. The Morgan fingerprint density at radius 2 is 0.862 bits per heavy atom. The van der Waals surface area contributed by atoms with Crippen molar-refractivity contribution in [1.82, 2.24) is 47.8 Å². The van der Waals surface area contributed by atoms with E-state index in [4.69, 9.17) is 78.4 Å². The molecule has 0 aliphatic carbocycles. The summed E-state index contributed by atoms with van der Waals surface area (Å²) in [6.07, 6.45) is 7.03. The van der Waals surface area contributed by atoms with Crippen LogP contribution in [0.15, 0.2) is 122 Å². The van der Waals surface area contributed by atoms with E-state index in [1.165, 1.54) is 0 Å². The number of thioether (sulfide) groups is 2. The van der Waals surface area contributed by atoms with Crippen LogP contribution in [0.3, 0.4) is 0 Å².